The van der Waals surface area contributed by atoms with Gasteiger partial charge in [0.15, 0.2) is 5.92 Å². The quantitative estimate of drug-likeness (QED) is 0.676. The van der Waals surface area contributed by atoms with Gasteiger partial charge in [0.1, 0.15) is 6.54 Å². The summed E-state index contributed by atoms with van der Waals surface area (Å²) in [5.74, 6) is -6.68. The molecule has 9 heteroatoms. The molecule has 2 N–H and O–H groups in total. The highest BCUT2D eigenvalue weighted by Crippen LogP contribution is 2.32. The molecular weight excluding hydrogens is 366 g/mol. The number of amides is 5. The van der Waals surface area contributed by atoms with Crippen molar-refractivity contribution >= 4 is 29.7 Å². The first kappa shape index (κ1) is 17.6. The van der Waals surface area contributed by atoms with Crippen molar-refractivity contribution < 1.29 is 31.8 Å². The number of aliphatic carboxylic acids is 1. The number of rotatable bonds is 5. The first-order chi connectivity index (χ1) is 14.1. The summed E-state index contributed by atoms with van der Waals surface area (Å²) >= 11 is 0. The number of imide groups is 2. The molecule has 154 valence electrons. The Kier molecular flexibility index (Phi) is 5.48. The fourth-order valence-electron chi connectivity index (χ4n) is 4.09. The van der Waals surface area contributed by atoms with Gasteiger partial charge in [-0.25, -0.2) is 4.79 Å². The van der Waals surface area contributed by atoms with Gasteiger partial charge in [-0.3, -0.25) is 29.0 Å². The van der Waals surface area contributed by atoms with Gasteiger partial charge in [-0.1, -0.05) is 38.5 Å². The van der Waals surface area contributed by atoms with Crippen molar-refractivity contribution in [2.75, 3.05) is 6.54 Å². The zero-order valence-corrected chi connectivity index (χ0v) is 15.7. The molecule has 0 spiro atoms. The van der Waals surface area contributed by atoms with Crippen LogP contribution in [-0.4, -0.2) is 63.2 Å². The van der Waals surface area contributed by atoms with Gasteiger partial charge in [0, 0.05) is 12.0 Å². The molecule has 1 aliphatic heterocycles. The lowest BCUT2D eigenvalue weighted by atomic mass is 9.89. The Hall–Kier alpha value is -2.45. The summed E-state index contributed by atoms with van der Waals surface area (Å²) in [5, 5.41) is 10.8. The van der Waals surface area contributed by atoms with Crippen LogP contribution < -0.4 is 5.32 Å². The average Bonchev–Trinajstić information content (AvgIpc) is 2.67. The van der Waals surface area contributed by atoms with Gasteiger partial charge in [-0.2, -0.15) is 0 Å². The predicted octanol–water partition coefficient (Wildman–Crippen LogP) is 1.26. The van der Waals surface area contributed by atoms with Crippen molar-refractivity contribution in [3.63, 3.8) is 0 Å². The normalized spacial score (nSPS) is 26.5. The second-order valence-electron chi connectivity index (χ2n) is 7.43. The molecule has 1 saturated heterocycles. The lowest BCUT2D eigenvalue weighted by molar-refractivity contribution is -0.158. The number of carboxylic acid groups (broad SMARTS) is 1. The molecule has 3 aliphatic rings. The molecule has 0 atom stereocenters. The fourth-order valence-corrected chi connectivity index (χ4v) is 4.09. The van der Waals surface area contributed by atoms with Gasteiger partial charge < -0.3 is 10.4 Å². The minimum atomic E-state index is -1.98. The molecule has 3 fully saturated rings. The number of hydrogen-bond donors (Lipinski definition) is 2. The molecule has 0 aromatic rings. The molecule has 0 unspecified atom stereocenters. The van der Waals surface area contributed by atoms with Gasteiger partial charge in [0.05, 0.1) is 2.74 Å². The molecule has 0 radical (unpaired) electrons. The van der Waals surface area contributed by atoms with Crippen LogP contribution in [0.1, 0.15) is 66.9 Å². The molecular formula is C19H27N3O6. The molecule has 3 rings (SSSR count). The van der Waals surface area contributed by atoms with Crippen LogP contribution in [0.15, 0.2) is 0 Å². The van der Waals surface area contributed by atoms with E-state index in [2.05, 4.69) is 0 Å². The van der Waals surface area contributed by atoms with Gasteiger partial charge >= 0.3 is 12.0 Å². The molecule has 9 nitrogen and oxygen atoms in total. The second-order valence-corrected chi connectivity index (χ2v) is 7.43. The van der Waals surface area contributed by atoms with E-state index in [0.29, 0.717) is 35.5 Å². The largest absolute Gasteiger partial charge is 0.480 e. The Balaban J connectivity index is 2.01. The van der Waals surface area contributed by atoms with Crippen molar-refractivity contribution in [3.05, 3.63) is 0 Å². The van der Waals surface area contributed by atoms with Crippen LogP contribution in [-0.2, 0) is 19.2 Å². The van der Waals surface area contributed by atoms with Gasteiger partial charge in [-0.05, 0) is 25.7 Å². The summed E-state index contributed by atoms with van der Waals surface area (Å²) in [6, 6.07) is -4.20. The average molecular weight is 395 g/mol. The number of nitrogens with one attached hydrogen (secondary N) is 1. The lowest BCUT2D eigenvalue weighted by Gasteiger charge is -2.44. The highest BCUT2D eigenvalue weighted by molar-refractivity contribution is 6.26. The molecule has 1 heterocycles. The van der Waals surface area contributed by atoms with Crippen molar-refractivity contribution in [2.45, 2.75) is 76.2 Å². The third kappa shape index (κ3) is 4.02. The van der Waals surface area contributed by atoms with E-state index in [4.69, 9.17) is 7.85 Å². The monoisotopic (exact) mass is 395 g/mol. The zero-order valence-electron chi connectivity index (χ0n) is 17.7. The number of carbonyl (C=O) groups excluding carboxylic acids is 4. The van der Waals surface area contributed by atoms with E-state index >= 15 is 0 Å². The molecule has 0 aromatic heterocycles. The van der Waals surface area contributed by atoms with Gasteiger partial charge in [-0.15, -0.1) is 0 Å². The maximum absolute atomic E-state index is 13.3. The van der Waals surface area contributed by atoms with Crippen LogP contribution in [0, 0.1) is 5.92 Å². The minimum Gasteiger partial charge on any atom is -0.480 e. The van der Waals surface area contributed by atoms with Crippen LogP contribution in [0.25, 0.3) is 0 Å². The van der Waals surface area contributed by atoms with E-state index in [1.54, 1.807) is 0 Å². The summed E-state index contributed by atoms with van der Waals surface area (Å²) in [7, 11) is 0. The van der Waals surface area contributed by atoms with Crippen LogP contribution >= 0.6 is 0 Å². The minimum absolute atomic E-state index is 0.223. The Morgan fingerprint density at radius 3 is 1.71 bits per heavy atom. The van der Waals surface area contributed by atoms with Crippen LogP contribution in [0.2, 0.25) is 0 Å². The molecule has 0 aromatic carbocycles. The van der Waals surface area contributed by atoms with E-state index in [9.17, 15) is 24.0 Å². The molecule has 0 bridgehead atoms. The summed E-state index contributed by atoms with van der Waals surface area (Å²) in [6.45, 7) is -0.790. The zero-order chi connectivity index (χ0) is 22.1. The highest BCUT2D eigenvalue weighted by Gasteiger charge is 2.53. The third-order valence-corrected chi connectivity index (χ3v) is 5.49. The van der Waals surface area contributed by atoms with Crippen LogP contribution in [0.5, 0.6) is 0 Å². The van der Waals surface area contributed by atoms with E-state index in [1.165, 1.54) is 0 Å². The third-order valence-electron chi connectivity index (χ3n) is 5.49. The van der Waals surface area contributed by atoms with Gasteiger partial charge in [0.25, 0.3) is 11.8 Å². The fraction of sp³-hybridized carbons (Fsp3) is 0.737. The maximum Gasteiger partial charge on any atom is 0.333 e. The van der Waals surface area contributed by atoms with Crippen LogP contribution in [0.4, 0.5) is 4.79 Å². The summed E-state index contributed by atoms with van der Waals surface area (Å²) in [5.41, 5.74) is 0. The maximum atomic E-state index is 13.3. The SMILES string of the molecule is [2H]C1(N2C(=O)C(C(=O)NCC(=O)O)C(=O)N(C3([2H])CCCCC3)C2=O)CCCCC1. The molecule has 5 amide bonds. The molecule has 2 aliphatic carbocycles. The highest BCUT2D eigenvalue weighted by atomic mass is 16.4. The number of carbonyl (C=O) groups is 5. The van der Waals surface area contributed by atoms with E-state index in [0.717, 1.165) is 12.8 Å². The number of carboxylic acids is 1. The van der Waals surface area contributed by atoms with Crippen molar-refractivity contribution in [1.82, 2.24) is 15.1 Å². The summed E-state index contributed by atoms with van der Waals surface area (Å²) in [4.78, 5) is 64.4. The first-order valence-corrected chi connectivity index (χ1v) is 9.82. The Bertz CT molecular complexity index is 715. The number of urea groups is 1. The Morgan fingerprint density at radius 1 is 0.893 bits per heavy atom. The second kappa shape index (κ2) is 8.70. The molecule has 28 heavy (non-hydrogen) atoms. The van der Waals surface area contributed by atoms with Gasteiger partial charge in [0.2, 0.25) is 5.91 Å². The molecule has 2 saturated carbocycles. The summed E-state index contributed by atoms with van der Waals surface area (Å²) in [6.07, 6.45) is 5.08. The standard InChI is InChI=1S/C19H27N3O6/c23-14(24)11-20-16(25)15-17(26)21(12-7-3-1-4-8-12)19(28)22(18(15)27)13-9-5-2-6-10-13/h12-13,15H,1-11H2,(H,20,25)(H,23,24)/i12D,13D. The number of barbiturate groups is 1. The van der Waals surface area contributed by atoms with Crippen LogP contribution in [0.3, 0.4) is 0 Å². The van der Waals surface area contributed by atoms with Crippen molar-refractivity contribution in [1.29, 1.82) is 0 Å². The lowest BCUT2D eigenvalue weighted by Crippen LogP contribution is -2.67. The van der Waals surface area contributed by atoms with E-state index in [-0.39, 0.29) is 25.7 Å². The Labute approximate surface area is 166 Å². The van der Waals surface area contributed by atoms with Crippen molar-refractivity contribution in [3.8, 4) is 0 Å². The Morgan fingerprint density at radius 2 is 1.32 bits per heavy atom. The first-order valence-electron chi connectivity index (χ1n) is 10.8. The van der Waals surface area contributed by atoms with E-state index < -0.39 is 54.2 Å². The summed E-state index contributed by atoms with van der Waals surface area (Å²) < 4.78 is 17.5. The number of nitrogens with zero attached hydrogens (tertiary/aromatic N) is 2. The van der Waals surface area contributed by atoms with Crippen molar-refractivity contribution in [2.24, 2.45) is 5.92 Å². The number of hydrogen-bond acceptors (Lipinski definition) is 5. The smallest absolute Gasteiger partial charge is 0.333 e. The topological polar surface area (TPSA) is 124 Å². The predicted molar refractivity (Wildman–Crippen MR) is 97.0 cm³/mol. The van der Waals surface area contributed by atoms with E-state index in [1.807, 2.05) is 5.32 Å².